The molecular formula is C19H34IN5O2. The summed E-state index contributed by atoms with van der Waals surface area (Å²) < 4.78 is 10.8. The van der Waals surface area contributed by atoms with E-state index in [4.69, 9.17) is 9.47 Å². The lowest BCUT2D eigenvalue weighted by molar-refractivity contribution is 0.116. The lowest BCUT2D eigenvalue weighted by Crippen LogP contribution is -2.54. The quantitative estimate of drug-likeness (QED) is 0.251. The third-order valence-electron chi connectivity index (χ3n) is 4.57. The topological polar surface area (TPSA) is 61.4 Å². The number of rotatable bonds is 8. The lowest BCUT2D eigenvalue weighted by atomic mass is 10.2. The van der Waals surface area contributed by atoms with Gasteiger partial charge in [-0.3, -0.25) is 9.89 Å². The molecule has 0 aromatic heterocycles. The summed E-state index contributed by atoms with van der Waals surface area (Å²) in [4.78, 5) is 9.10. The molecule has 0 bridgehead atoms. The van der Waals surface area contributed by atoms with Gasteiger partial charge in [0.2, 0.25) is 0 Å². The first-order valence-electron chi connectivity index (χ1n) is 9.20. The van der Waals surface area contributed by atoms with Crippen molar-refractivity contribution in [2.24, 2.45) is 4.99 Å². The number of piperazine rings is 1. The van der Waals surface area contributed by atoms with Gasteiger partial charge in [0.25, 0.3) is 0 Å². The van der Waals surface area contributed by atoms with Crippen LogP contribution in [0.15, 0.2) is 29.3 Å². The van der Waals surface area contributed by atoms with Crippen molar-refractivity contribution in [1.29, 1.82) is 0 Å². The predicted molar refractivity (Wildman–Crippen MR) is 123 cm³/mol. The molecule has 1 aliphatic heterocycles. The molecule has 1 aromatic carbocycles. The number of hydrogen-bond acceptors (Lipinski definition) is 5. The Bertz CT molecular complexity index is 573. The zero-order valence-corrected chi connectivity index (χ0v) is 19.2. The van der Waals surface area contributed by atoms with Crippen molar-refractivity contribution < 1.29 is 9.47 Å². The van der Waals surface area contributed by atoms with Crippen LogP contribution in [-0.4, -0.2) is 89.4 Å². The normalized spacial score (nSPS) is 18.7. The molecule has 1 saturated heterocycles. The van der Waals surface area contributed by atoms with Gasteiger partial charge in [0.15, 0.2) is 5.96 Å². The summed E-state index contributed by atoms with van der Waals surface area (Å²) in [6.45, 7) is 5.48. The van der Waals surface area contributed by atoms with E-state index in [0.717, 1.165) is 50.0 Å². The first-order chi connectivity index (χ1) is 12.6. The second-order valence-electron chi connectivity index (χ2n) is 6.70. The van der Waals surface area contributed by atoms with Crippen LogP contribution in [0.4, 0.5) is 5.69 Å². The van der Waals surface area contributed by atoms with E-state index in [0.29, 0.717) is 19.3 Å². The maximum atomic E-state index is 5.75. The van der Waals surface area contributed by atoms with Gasteiger partial charge in [-0.1, -0.05) is 6.07 Å². The van der Waals surface area contributed by atoms with Crippen molar-refractivity contribution >= 4 is 35.6 Å². The highest BCUT2D eigenvalue weighted by atomic mass is 127. The van der Waals surface area contributed by atoms with Crippen LogP contribution < -0.4 is 15.4 Å². The van der Waals surface area contributed by atoms with E-state index in [2.05, 4.69) is 39.5 Å². The van der Waals surface area contributed by atoms with Gasteiger partial charge in [0, 0.05) is 71.2 Å². The molecular weight excluding hydrogens is 457 g/mol. The average Bonchev–Trinajstić information content (AvgIpc) is 2.65. The molecule has 1 atom stereocenters. The van der Waals surface area contributed by atoms with Crippen LogP contribution in [0.2, 0.25) is 0 Å². The monoisotopic (exact) mass is 491 g/mol. The largest absolute Gasteiger partial charge is 0.493 e. The smallest absolute Gasteiger partial charge is 0.195 e. The second kappa shape index (κ2) is 13.1. The number of aliphatic imine (C=N–C) groups is 1. The summed E-state index contributed by atoms with van der Waals surface area (Å²) in [5.74, 6) is 1.61. The number of halogens is 1. The van der Waals surface area contributed by atoms with Crippen molar-refractivity contribution in [3.63, 3.8) is 0 Å². The number of nitrogens with one attached hydrogen (secondary N) is 2. The van der Waals surface area contributed by atoms with E-state index in [1.54, 1.807) is 14.2 Å². The molecule has 0 spiro atoms. The number of likely N-dealkylation sites (N-methyl/N-ethyl adjacent to an activating group) is 2. The number of guanidine groups is 1. The maximum absolute atomic E-state index is 5.75. The van der Waals surface area contributed by atoms with Gasteiger partial charge in [-0.15, -0.1) is 24.0 Å². The highest BCUT2D eigenvalue weighted by Gasteiger charge is 2.22. The van der Waals surface area contributed by atoms with E-state index in [1.807, 2.05) is 24.3 Å². The van der Waals surface area contributed by atoms with Crippen molar-refractivity contribution in [2.75, 3.05) is 73.0 Å². The van der Waals surface area contributed by atoms with E-state index >= 15 is 0 Å². The third-order valence-corrected chi connectivity index (χ3v) is 4.57. The van der Waals surface area contributed by atoms with E-state index < -0.39 is 0 Å². The predicted octanol–water partition coefficient (Wildman–Crippen LogP) is 1.95. The third kappa shape index (κ3) is 8.63. The second-order valence-corrected chi connectivity index (χ2v) is 6.70. The summed E-state index contributed by atoms with van der Waals surface area (Å²) in [5, 5.41) is 6.77. The van der Waals surface area contributed by atoms with Crippen LogP contribution in [0, 0.1) is 0 Å². The Kier molecular flexibility index (Phi) is 11.7. The van der Waals surface area contributed by atoms with Crippen molar-refractivity contribution in [2.45, 2.75) is 12.5 Å². The van der Waals surface area contributed by atoms with Crippen molar-refractivity contribution in [1.82, 2.24) is 15.1 Å². The van der Waals surface area contributed by atoms with Gasteiger partial charge >= 0.3 is 0 Å². The molecule has 1 unspecified atom stereocenters. The van der Waals surface area contributed by atoms with Gasteiger partial charge < -0.3 is 25.0 Å². The van der Waals surface area contributed by atoms with E-state index in [-0.39, 0.29) is 24.0 Å². The Balaban J connectivity index is 0.00000364. The summed E-state index contributed by atoms with van der Waals surface area (Å²) in [6.07, 6.45) is 0.876. The Hall–Kier alpha value is -1.10. The van der Waals surface area contributed by atoms with Crippen molar-refractivity contribution in [3.05, 3.63) is 24.3 Å². The number of ether oxygens (including phenoxy) is 2. The average molecular weight is 491 g/mol. The fourth-order valence-corrected chi connectivity index (χ4v) is 2.91. The molecule has 8 heteroatoms. The Morgan fingerprint density at radius 3 is 2.81 bits per heavy atom. The van der Waals surface area contributed by atoms with Gasteiger partial charge in [0.05, 0.1) is 6.61 Å². The van der Waals surface area contributed by atoms with Crippen LogP contribution in [-0.2, 0) is 4.74 Å². The molecule has 0 amide bonds. The summed E-state index contributed by atoms with van der Waals surface area (Å²) in [5.41, 5.74) is 0.955. The molecule has 1 aliphatic rings. The van der Waals surface area contributed by atoms with Crippen LogP contribution in [0.1, 0.15) is 6.42 Å². The first-order valence-corrected chi connectivity index (χ1v) is 9.20. The minimum absolute atomic E-state index is 0. The molecule has 2 N–H and O–H groups in total. The maximum Gasteiger partial charge on any atom is 0.195 e. The molecule has 2 rings (SSSR count). The first kappa shape index (κ1) is 23.9. The minimum atomic E-state index is 0. The molecule has 7 nitrogen and oxygen atoms in total. The van der Waals surface area contributed by atoms with Crippen molar-refractivity contribution in [3.8, 4) is 5.75 Å². The summed E-state index contributed by atoms with van der Waals surface area (Å²) >= 11 is 0. The number of anilines is 1. The minimum Gasteiger partial charge on any atom is -0.493 e. The SMILES string of the molecule is CN=C(NCC1CN(C)CCN1C)Nc1cccc(OCCCOC)c1.I. The molecule has 27 heavy (non-hydrogen) atoms. The Morgan fingerprint density at radius 2 is 2.07 bits per heavy atom. The van der Waals surface area contributed by atoms with E-state index in [9.17, 15) is 0 Å². The molecule has 0 radical (unpaired) electrons. The molecule has 0 aliphatic carbocycles. The number of hydrogen-bond donors (Lipinski definition) is 2. The van der Waals surface area contributed by atoms with E-state index in [1.165, 1.54) is 0 Å². The zero-order valence-electron chi connectivity index (χ0n) is 16.9. The number of methoxy groups -OCH3 is 1. The highest BCUT2D eigenvalue weighted by Crippen LogP contribution is 2.17. The van der Waals surface area contributed by atoms with Crippen LogP contribution >= 0.6 is 24.0 Å². The van der Waals surface area contributed by atoms with Gasteiger partial charge in [-0.05, 0) is 26.2 Å². The molecule has 0 saturated carbocycles. The molecule has 1 aromatic rings. The fourth-order valence-electron chi connectivity index (χ4n) is 2.91. The van der Waals surface area contributed by atoms with Crippen LogP contribution in [0.5, 0.6) is 5.75 Å². The molecule has 1 fully saturated rings. The summed E-state index contributed by atoms with van der Waals surface area (Å²) in [6, 6.07) is 8.41. The standard InChI is InChI=1S/C19H33N5O2.HI/c1-20-19(21-14-17-15-23(2)9-10-24(17)3)22-16-7-5-8-18(13-16)26-12-6-11-25-4;/h5,7-8,13,17H,6,9-12,14-15H2,1-4H3,(H2,20,21,22);1H. The fraction of sp³-hybridized carbons (Fsp3) is 0.632. The molecule has 154 valence electrons. The van der Waals surface area contributed by atoms with Gasteiger partial charge in [-0.25, -0.2) is 0 Å². The lowest BCUT2D eigenvalue weighted by Gasteiger charge is -2.37. The van der Waals surface area contributed by atoms with Gasteiger partial charge in [0.1, 0.15) is 5.75 Å². The van der Waals surface area contributed by atoms with Gasteiger partial charge in [-0.2, -0.15) is 0 Å². The van der Waals surface area contributed by atoms with Crippen LogP contribution in [0.3, 0.4) is 0 Å². The summed E-state index contributed by atoms with van der Waals surface area (Å²) in [7, 11) is 7.84. The molecule has 1 heterocycles. The Morgan fingerprint density at radius 1 is 1.26 bits per heavy atom. The number of nitrogens with zero attached hydrogens (tertiary/aromatic N) is 3. The highest BCUT2D eigenvalue weighted by molar-refractivity contribution is 14.0. The zero-order chi connectivity index (χ0) is 18.8. The Labute approximate surface area is 180 Å². The number of benzene rings is 1. The van der Waals surface area contributed by atoms with Crippen LogP contribution in [0.25, 0.3) is 0 Å².